The Balaban J connectivity index is 2.48. The third-order valence-corrected chi connectivity index (χ3v) is 1.16. The van der Waals surface area contributed by atoms with Crippen LogP contribution in [0.25, 0.3) is 0 Å². The lowest BCUT2D eigenvalue weighted by atomic mass is 10.4. The Hall–Kier alpha value is -1.36. The minimum absolute atomic E-state index is 0.00236. The van der Waals surface area contributed by atoms with E-state index < -0.39 is 0 Å². The van der Waals surface area contributed by atoms with Crippen molar-refractivity contribution < 1.29 is 4.74 Å². The molecule has 1 rings (SSSR count). The highest BCUT2D eigenvalue weighted by molar-refractivity contribution is 5.20. The quantitative estimate of drug-likeness (QED) is 0.651. The van der Waals surface area contributed by atoms with Crippen molar-refractivity contribution >= 4 is 5.95 Å². The van der Waals surface area contributed by atoms with Gasteiger partial charge in [-0.2, -0.15) is 0 Å². The number of ether oxygens (including phenoxy) is 1. The van der Waals surface area contributed by atoms with Crippen LogP contribution in [0.5, 0.6) is 5.75 Å². The SMILES string of the molecule is CC(N)COc1cnc(N)nc1. The number of nitrogens with zero attached hydrogens (tertiary/aromatic N) is 2. The molecule has 0 aliphatic carbocycles. The Morgan fingerprint density at radius 2 is 2.08 bits per heavy atom. The van der Waals surface area contributed by atoms with Crippen LogP contribution >= 0.6 is 0 Å². The van der Waals surface area contributed by atoms with Gasteiger partial charge in [-0.05, 0) is 6.92 Å². The van der Waals surface area contributed by atoms with E-state index in [0.29, 0.717) is 12.4 Å². The molecule has 0 saturated carbocycles. The van der Waals surface area contributed by atoms with Crippen molar-refractivity contribution in [2.45, 2.75) is 13.0 Å². The zero-order valence-corrected chi connectivity index (χ0v) is 6.90. The largest absolute Gasteiger partial charge is 0.489 e. The zero-order chi connectivity index (χ0) is 8.97. The van der Waals surface area contributed by atoms with Gasteiger partial charge in [0, 0.05) is 6.04 Å². The second-order valence-electron chi connectivity index (χ2n) is 2.57. The average molecular weight is 168 g/mol. The fraction of sp³-hybridized carbons (Fsp3) is 0.429. The van der Waals surface area contributed by atoms with Crippen LogP contribution in [-0.4, -0.2) is 22.6 Å². The summed E-state index contributed by atoms with van der Waals surface area (Å²) >= 11 is 0. The molecule has 1 aromatic rings. The Morgan fingerprint density at radius 1 is 1.50 bits per heavy atom. The number of rotatable bonds is 3. The molecule has 0 fully saturated rings. The lowest BCUT2D eigenvalue weighted by molar-refractivity contribution is 0.294. The summed E-state index contributed by atoms with van der Waals surface area (Å²) in [5.74, 6) is 0.824. The van der Waals surface area contributed by atoms with Crippen LogP contribution in [0.15, 0.2) is 12.4 Å². The lowest BCUT2D eigenvalue weighted by Crippen LogP contribution is -2.23. The standard InChI is InChI=1S/C7H12N4O/c1-5(8)4-12-6-2-10-7(9)11-3-6/h2-3,5H,4,8H2,1H3,(H2,9,10,11). The van der Waals surface area contributed by atoms with E-state index >= 15 is 0 Å². The average Bonchev–Trinajstić information content (AvgIpc) is 2.03. The predicted molar refractivity (Wildman–Crippen MR) is 45.6 cm³/mol. The number of hydrogen-bond acceptors (Lipinski definition) is 5. The van der Waals surface area contributed by atoms with Gasteiger partial charge in [-0.3, -0.25) is 0 Å². The Labute approximate surface area is 70.8 Å². The number of nitrogens with two attached hydrogens (primary N) is 2. The van der Waals surface area contributed by atoms with Crippen LogP contribution in [-0.2, 0) is 0 Å². The van der Waals surface area contributed by atoms with Crippen LogP contribution in [0.4, 0.5) is 5.95 Å². The molecule has 0 bridgehead atoms. The normalized spacial score (nSPS) is 12.5. The highest BCUT2D eigenvalue weighted by Gasteiger charge is 1.97. The maximum Gasteiger partial charge on any atom is 0.220 e. The molecule has 1 atom stereocenters. The third kappa shape index (κ3) is 2.71. The van der Waals surface area contributed by atoms with E-state index in [1.165, 1.54) is 12.4 Å². The van der Waals surface area contributed by atoms with E-state index in [4.69, 9.17) is 16.2 Å². The summed E-state index contributed by atoms with van der Waals surface area (Å²) in [6.07, 6.45) is 3.04. The molecule has 0 aliphatic heterocycles. The van der Waals surface area contributed by atoms with Crippen molar-refractivity contribution in [1.82, 2.24) is 9.97 Å². The molecular weight excluding hydrogens is 156 g/mol. The molecule has 0 radical (unpaired) electrons. The highest BCUT2D eigenvalue weighted by Crippen LogP contribution is 2.06. The molecule has 1 unspecified atom stereocenters. The van der Waals surface area contributed by atoms with Gasteiger partial charge in [0.05, 0.1) is 12.4 Å². The second-order valence-corrected chi connectivity index (χ2v) is 2.57. The van der Waals surface area contributed by atoms with E-state index in [2.05, 4.69) is 9.97 Å². The first-order valence-electron chi connectivity index (χ1n) is 3.64. The van der Waals surface area contributed by atoms with Crippen molar-refractivity contribution in [3.8, 4) is 5.75 Å². The van der Waals surface area contributed by atoms with Gasteiger partial charge in [0.25, 0.3) is 0 Å². The van der Waals surface area contributed by atoms with E-state index in [1.54, 1.807) is 0 Å². The molecule has 12 heavy (non-hydrogen) atoms. The molecule has 0 spiro atoms. The molecule has 0 aromatic carbocycles. The number of aromatic nitrogens is 2. The minimum Gasteiger partial charge on any atom is -0.489 e. The molecule has 4 N–H and O–H groups in total. The second kappa shape index (κ2) is 3.87. The topological polar surface area (TPSA) is 87.0 Å². The third-order valence-electron chi connectivity index (χ3n) is 1.16. The van der Waals surface area contributed by atoms with Crippen molar-refractivity contribution in [2.75, 3.05) is 12.3 Å². The van der Waals surface area contributed by atoms with Crippen LogP contribution in [0.1, 0.15) is 6.92 Å². The van der Waals surface area contributed by atoms with Crippen LogP contribution in [0, 0.1) is 0 Å². The fourth-order valence-electron chi connectivity index (χ4n) is 0.628. The lowest BCUT2D eigenvalue weighted by Gasteiger charge is -2.07. The Bertz CT molecular complexity index is 234. The zero-order valence-electron chi connectivity index (χ0n) is 6.90. The van der Waals surface area contributed by atoms with Gasteiger partial charge in [-0.1, -0.05) is 0 Å². The van der Waals surface area contributed by atoms with Gasteiger partial charge < -0.3 is 16.2 Å². The summed E-state index contributed by atoms with van der Waals surface area (Å²) in [7, 11) is 0. The number of hydrogen-bond donors (Lipinski definition) is 2. The van der Waals surface area contributed by atoms with Gasteiger partial charge in [0.15, 0.2) is 5.75 Å². The highest BCUT2D eigenvalue weighted by atomic mass is 16.5. The fourth-order valence-corrected chi connectivity index (χ4v) is 0.628. The molecule has 0 saturated heterocycles. The maximum atomic E-state index is 5.48. The molecular formula is C7H12N4O. The van der Waals surface area contributed by atoms with E-state index in [1.807, 2.05) is 6.92 Å². The van der Waals surface area contributed by atoms with Crippen LogP contribution < -0.4 is 16.2 Å². The van der Waals surface area contributed by atoms with E-state index in [9.17, 15) is 0 Å². The Kier molecular flexibility index (Phi) is 2.82. The van der Waals surface area contributed by atoms with E-state index in [-0.39, 0.29) is 12.0 Å². The molecule has 66 valence electrons. The summed E-state index contributed by atoms with van der Waals surface area (Å²) in [5.41, 5.74) is 10.8. The summed E-state index contributed by atoms with van der Waals surface area (Å²) in [4.78, 5) is 7.52. The molecule has 0 amide bonds. The predicted octanol–water partition coefficient (Wildman–Crippen LogP) is -0.215. The van der Waals surface area contributed by atoms with Gasteiger partial charge in [-0.25, -0.2) is 9.97 Å². The van der Waals surface area contributed by atoms with Crippen molar-refractivity contribution in [3.05, 3.63) is 12.4 Å². The summed E-state index contributed by atoms with van der Waals surface area (Å²) in [6.45, 7) is 2.31. The van der Waals surface area contributed by atoms with Crippen LogP contribution in [0.2, 0.25) is 0 Å². The smallest absolute Gasteiger partial charge is 0.220 e. The van der Waals surface area contributed by atoms with Gasteiger partial charge >= 0.3 is 0 Å². The molecule has 1 aromatic heterocycles. The monoisotopic (exact) mass is 168 g/mol. The minimum atomic E-state index is 0.00236. The maximum absolute atomic E-state index is 5.48. The molecule has 5 heteroatoms. The van der Waals surface area contributed by atoms with Gasteiger partial charge in [0.1, 0.15) is 6.61 Å². The first-order valence-corrected chi connectivity index (χ1v) is 3.64. The Morgan fingerprint density at radius 3 is 2.58 bits per heavy atom. The van der Waals surface area contributed by atoms with Crippen molar-refractivity contribution in [3.63, 3.8) is 0 Å². The summed E-state index contributed by atoms with van der Waals surface area (Å²) in [5, 5.41) is 0. The summed E-state index contributed by atoms with van der Waals surface area (Å²) < 4.78 is 5.22. The van der Waals surface area contributed by atoms with Gasteiger partial charge in [0.2, 0.25) is 5.95 Å². The molecule has 0 aliphatic rings. The number of nitrogen functional groups attached to an aromatic ring is 1. The van der Waals surface area contributed by atoms with Gasteiger partial charge in [-0.15, -0.1) is 0 Å². The number of anilines is 1. The molecule has 5 nitrogen and oxygen atoms in total. The summed E-state index contributed by atoms with van der Waals surface area (Å²) in [6, 6.07) is 0.00236. The van der Waals surface area contributed by atoms with Crippen LogP contribution in [0.3, 0.4) is 0 Å². The van der Waals surface area contributed by atoms with Crippen molar-refractivity contribution in [1.29, 1.82) is 0 Å². The first-order chi connectivity index (χ1) is 5.68. The van der Waals surface area contributed by atoms with E-state index in [0.717, 1.165) is 0 Å². The van der Waals surface area contributed by atoms with Crippen molar-refractivity contribution in [2.24, 2.45) is 5.73 Å². The molecule has 1 heterocycles. The first kappa shape index (κ1) is 8.73.